The molecule has 2 heterocycles. The molecule has 0 saturated carbocycles. The molecule has 174 valence electrons. The van der Waals surface area contributed by atoms with Gasteiger partial charge in [0, 0.05) is 24.3 Å². The van der Waals surface area contributed by atoms with Crippen LogP contribution < -0.4 is 5.32 Å². The average molecular weight is 447 g/mol. The molecule has 1 aliphatic heterocycles. The highest BCUT2D eigenvalue weighted by Gasteiger charge is 2.29. The van der Waals surface area contributed by atoms with E-state index in [0.717, 1.165) is 36.2 Å². The number of hydrogen-bond donors (Lipinski definition) is 1. The predicted octanol–water partition coefficient (Wildman–Crippen LogP) is 6.70. The van der Waals surface area contributed by atoms with Crippen LogP contribution in [0.3, 0.4) is 0 Å². The molecule has 1 fully saturated rings. The van der Waals surface area contributed by atoms with E-state index in [2.05, 4.69) is 61.4 Å². The van der Waals surface area contributed by atoms with Crippen LogP contribution in [-0.4, -0.2) is 34.2 Å². The molecule has 33 heavy (non-hydrogen) atoms. The van der Waals surface area contributed by atoms with Crippen molar-refractivity contribution in [1.82, 2.24) is 15.0 Å². The summed E-state index contributed by atoms with van der Waals surface area (Å²) in [6.07, 6.45) is 1.84. The van der Waals surface area contributed by atoms with Crippen LogP contribution in [0, 0.1) is 6.92 Å². The second-order valence-corrected chi connectivity index (χ2v) is 9.66. The van der Waals surface area contributed by atoms with E-state index in [-0.39, 0.29) is 11.9 Å². The number of nitrogens with zero attached hydrogens (tertiary/aromatic N) is 3. The maximum Gasteiger partial charge on any atom is 0.321 e. The number of carbonyl (C=O) groups is 1. The molecule has 2 amide bonds. The summed E-state index contributed by atoms with van der Waals surface area (Å²) >= 11 is 0. The Morgan fingerprint density at radius 1 is 1.09 bits per heavy atom. The summed E-state index contributed by atoms with van der Waals surface area (Å²) in [4.78, 5) is 19.8. The Balaban J connectivity index is 1.50. The van der Waals surface area contributed by atoms with Crippen molar-refractivity contribution < 1.29 is 9.32 Å². The minimum atomic E-state index is -0.0619. The number of benzene rings is 2. The number of likely N-dealkylation sites (tertiary alicyclic amines) is 1. The van der Waals surface area contributed by atoms with Crippen molar-refractivity contribution in [3.63, 3.8) is 0 Å². The number of anilines is 1. The molecule has 1 N–H and O–H groups in total. The second-order valence-electron chi connectivity index (χ2n) is 9.66. The van der Waals surface area contributed by atoms with Crippen molar-refractivity contribution in [3.05, 3.63) is 65.0 Å². The monoisotopic (exact) mass is 446 g/mol. The standard InChI is InChI=1S/C27H34N4O2/c1-17(2)22-12-7-13-23(18(3)4)24(22)28-27(32)31-14-8-11-21(16-31)26-29-25(30-33-26)20-10-6-9-19(5)15-20/h6-7,9-10,12-13,15,17-18,21H,8,11,14,16H2,1-5H3,(H,28,32). The molecule has 0 radical (unpaired) electrons. The van der Waals surface area contributed by atoms with Crippen molar-refractivity contribution in [2.75, 3.05) is 18.4 Å². The van der Waals surface area contributed by atoms with Gasteiger partial charge < -0.3 is 14.7 Å². The van der Waals surface area contributed by atoms with Gasteiger partial charge in [0.15, 0.2) is 0 Å². The minimum Gasteiger partial charge on any atom is -0.339 e. The lowest BCUT2D eigenvalue weighted by atomic mass is 9.92. The Bertz CT molecular complexity index is 1090. The number of nitrogens with one attached hydrogen (secondary N) is 1. The predicted molar refractivity (Wildman–Crippen MR) is 132 cm³/mol. The van der Waals surface area contributed by atoms with Crippen molar-refractivity contribution >= 4 is 11.7 Å². The van der Waals surface area contributed by atoms with Crippen LogP contribution in [0.2, 0.25) is 0 Å². The highest BCUT2D eigenvalue weighted by molar-refractivity contribution is 5.91. The average Bonchev–Trinajstić information content (AvgIpc) is 3.29. The SMILES string of the molecule is Cc1cccc(-c2noc(C3CCCN(C(=O)Nc4c(C(C)C)cccc4C(C)C)C3)n2)c1. The highest BCUT2D eigenvalue weighted by atomic mass is 16.5. The molecule has 4 rings (SSSR count). The topological polar surface area (TPSA) is 71.3 Å². The molecule has 6 heteroatoms. The number of aromatic nitrogens is 2. The van der Waals surface area contributed by atoms with Crippen molar-refractivity contribution in [2.24, 2.45) is 0 Å². The van der Waals surface area contributed by atoms with Crippen LogP contribution in [0.15, 0.2) is 47.0 Å². The van der Waals surface area contributed by atoms with Gasteiger partial charge in [-0.05, 0) is 48.8 Å². The minimum absolute atomic E-state index is 0.0421. The maximum absolute atomic E-state index is 13.3. The molecule has 0 aliphatic carbocycles. The number of rotatable bonds is 5. The van der Waals surface area contributed by atoms with E-state index in [1.54, 1.807) is 0 Å². The molecule has 1 aliphatic rings. The fraction of sp³-hybridized carbons (Fsp3) is 0.444. The smallest absolute Gasteiger partial charge is 0.321 e. The summed E-state index contributed by atoms with van der Waals surface area (Å²) in [6, 6.07) is 14.3. The number of aryl methyl sites for hydroxylation is 1. The number of urea groups is 1. The first-order chi connectivity index (χ1) is 15.8. The second kappa shape index (κ2) is 9.77. The van der Waals surface area contributed by atoms with E-state index < -0.39 is 0 Å². The number of carbonyl (C=O) groups excluding carboxylic acids is 1. The summed E-state index contributed by atoms with van der Waals surface area (Å²) in [5, 5.41) is 7.44. The summed E-state index contributed by atoms with van der Waals surface area (Å²) in [5.74, 6) is 1.90. The molecule has 3 aromatic rings. The Morgan fingerprint density at radius 3 is 2.45 bits per heavy atom. The van der Waals surface area contributed by atoms with Gasteiger partial charge in [-0.3, -0.25) is 0 Å². The third kappa shape index (κ3) is 5.10. The van der Waals surface area contributed by atoms with Gasteiger partial charge in [0.05, 0.1) is 5.92 Å². The van der Waals surface area contributed by atoms with Gasteiger partial charge in [-0.2, -0.15) is 4.98 Å². The van der Waals surface area contributed by atoms with Gasteiger partial charge in [0.25, 0.3) is 0 Å². The highest BCUT2D eigenvalue weighted by Crippen LogP contribution is 2.33. The first kappa shape index (κ1) is 23.0. The van der Waals surface area contributed by atoms with Crippen LogP contribution in [-0.2, 0) is 0 Å². The first-order valence-electron chi connectivity index (χ1n) is 11.9. The molecule has 1 aromatic heterocycles. The maximum atomic E-state index is 13.3. The van der Waals surface area contributed by atoms with Crippen molar-refractivity contribution in [1.29, 1.82) is 0 Å². The van der Waals surface area contributed by atoms with E-state index in [0.29, 0.717) is 30.1 Å². The molecule has 6 nitrogen and oxygen atoms in total. The molecule has 1 atom stereocenters. The van der Waals surface area contributed by atoms with Gasteiger partial charge in [-0.15, -0.1) is 0 Å². The zero-order valence-electron chi connectivity index (χ0n) is 20.3. The third-order valence-corrected chi connectivity index (χ3v) is 6.38. The number of hydrogen-bond acceptors (Lipinski definition) is 4. The van der Waals surface area contributed by atoms with E-state index in [9.17, 15) is 4.79 Å². The first-order valence-corrected chi connectivity index (χ1v) is 11.9. The molecular weight excluding hydrogens is 412 g/mol. The Hall–Kier alpha value is -3.15. The zero-order chi connectivity index (χ0) is 23.5. The van der Waals surface area contributed by atoms with Crippen LogP contribution in [0.4, 0.5) is 10.5 Å². The lowest BCUT2D eigenvalue weighted by Gasteiger charge is -2.32. The third-order valence-electron chi connectivity index (χ3n) is 6.38. The number of piperidine rings is 1. The molecule has 2 aromatic carbocycles. The summed E-state index contributed by atoms with van der Waals surface area (Å²) in [5.41, 5.74) is 5.39. The molecule has 1 saturated heterocycles. The molecule has 1 unspecified atom stereocenters. The normalized spacial score (nSPS) is 16.5. The lowest BCUT2D eigenvalue weighted by Crippen LogP contribution is -2.42. The molecule has 0 bridgehead atoms. The summed E-state index contributed by atoms with van der Waals surface area (Å²) in [6.45, 7) is 12.0. The van der Waals surface area contributed by atoms with E-state index in [4.69, 9.17) is 4.52 Å². The summed E-state index contributed by atoms with van der Waals surface area (Å²) in [7, 11) is 0. The van der Waals surface area contributed by atoms with Crippen LogP contribution >= 0.6 is 0 Å². The lowest BCUT2D eigenvalue weighted by molar-refractivity contribution is 0.184. The zero-order valence-corrected chi connectivity index (χ0v) is 20.3. The fourth-order valence-corrected chi connectivity index (χ4v) is 4.55. The molecule has 0 spiro atoms. The number of para-hydroxylation sites is 1. The van der Waals surface area contributed by atoms with Gasteiger partial charge in [-0.25, -0.2) is 4.79 Å². The van der Waals surface area contributed by atoms with Gasteiger partial charge >= 0.3 is 6.03 Å². The van der Waals surface area contributed by atoms with Gasteiger partial charge in [-0.1, -0.05) is 74.8 Å². The number of amides is 2. The van der Waals surface area contributed by atoms with Crippen LogP contribution in [0.25, 0.3) is 11.4 Å². The van der Waals surface area contributed by atoms with Crippen molar-refractivity contribution in [3.8, 4) is 11.4 Å². The van der Waals surface area contributed by atoms with E-state index in [1.807, 2.05) is 36.1 Å². The fourth-order valence-electron chi connectivity index (χ4n) is 4.55. The Kier molecular flexibility index (Phi) is 6.82. The van der Waals surface area contributed by atoms with Crippen molar-refractivity contribution in [2.45, 2.75) is 65.2 Å². The van der Waals surface area contributed by atoms with Crippen LogP contribution in [0.1, 0.15) is 80.9 Å². The van der Waals surface area contributed by atoms with Crippen LogP contribution in [0.5, 0.6) is 0 Å². The largest absolute Gasteiger partial charge is 0.339 e. The Labute approximate surface area is 196 Å². The van der Waals surface area contributed by atoms with E-state index >= 15 is 0 Å². The van der Waals surface area contributed by atoms with Gasteiger partial charge in [0.2, 0.25) is 11.7 Å². The molecular formula is C27H34N4O2. The Morgan fingerprint density at radius 2 is 1.79 bits per heavy atom. The summed E-state index contributed by atoms with van der Waals surface area (Å²) < 4.78 is 5.63. The van der Waals surface area contributed by atoms with E-state index in [1.165, 1.54) is 11.1 Å². The quantitative estimate of drug-likeness (QED) is 0.473. The van der Waals surface area contributed by atoms with Gasteiger partial charge in [0.1, 0.15) is 0 Å².